The summed E-state index contributed by atoms with van der Waals surface area (Å²) in [5.74, 6) is 0.742. The third-order valence-electron chi connectivity index (χ3n) is 3.80. The van der Waals surface area contributed by atoms with Gasteiger partial charge in [0.1, 0.15) is 11.5 Å². The third-order valence-corrected chi connectivity index (χ3v) is 3.80. The van der Waals surface area contributed by atoms with Gasteiger partial charge in [-0.05, 0) is 18.8 Å². The molecule has 0 saturated heterocycles. The molecule has 0 aromatic carbocycles. The number of hydrogen-bond acceptors (Lipinski definition) is 4. The largest absolute Gasteiger partial charge is 0.383 e. The van der Waals surface area contributed by atoms with E-state index < -0.39 is 11.2 Å². The number of aromatic amines is 1. The zero-order valence-corrected chi connectivity index (χ0v) is 13.4. The Labute approximate surface area is 125 Å². The topological polar surface area (TPSA) is 92.9 Å². The lowest BCUT2D eigenvalue weighted by Gasteiger charge is -2.18. The van der Waals surface area contributed by atoms with E-state index in [-0.39, 0.29) is 5.82 Å². The van der Waals surface area contributed by atoms with E-state index in [0.717, 1.165) is 19.3 Å². The molecule has 4 N–H and O–H groups in total. The third kappa shape index (κ3) is 4.65. The molecular formula is C15H28N4O2. The van der Waals surface area contributed by atoms with Crippen molar-refractivity contribution >= 4 is 11.5 Å². The number of nitrogens with two attached hydrogens (primary N) is 1. The first-order valence-electron chi connectivity index (χ1n) is 7.91. The zero-order chi connectivity index (χ0) is 15.8. The summed E-state index contributed by atoms with van der Waals surface area (Å²) in [5, 5.41) is 3.14. The van der Waals surface area contributed by atoms with Crippen LogP contribution in [0.25, 0.3) is 0 Å². The smallest absolute Gasteiger partial charge is 0.330 e. The number of H-pyrrole nitrogens is 1. The number of hydrogen-bond donors (Lipinski definition) is 3. The van der Waals surface area contributed by atoms with Gasteiger partial charge in [0.25, 0.3) is 5.56 Å². The first-order chi connectivity index (χ1) is 10.0. The van der Waals surface area contributed by atoms with Crippen LogP contribution >= 0.6 is 0 Å². The predicted molar refractivity (Wildman–Crippen MR) is 87.8 cm³/mol. The van der Waals surface area contributed by atoms with Crippen LogP contribution in [-0.4, -0.2) is 16.1 Å². The number of aromatic nitrogens is 2. The fraction of sp³-hybridized carbons (Fsp3) is 0.733. The van der Waals surface area contributed by atoms with E-state index in [1.54, 1.807) is 0 Å². The van der Waals surface area contributed by atoms with Crippen LogP contribution in [0, 0.1) is 5.92 Å². The minimum atomic E-state index is -0.442. The monoisotopic (exact) mass is 296 g/mol. The molecule has 1 unspecified atom stereocenters. The molecule has 0 amide bonds. The number of anilines is 2. The molecule has 1 aromatic rings. The van der Waals surface area contributed by atoms with E-state index in [9.17, 15) is 9.59 Å². The molecule has 1 heterocycles. The average molecular weight is 296 g/mol. The lowest BCUT2D eigenvalue weighted by atomic mass is 9.99. The molecule has 6 heteroatoms. The molecule has 21 heavy (non-hydrogen) atoms. The standard InChI is InChI=1S/C15H28N4O2/c1-4-7-8-11(6-3)10-17-12-13(16)19(9-5-2)15(21)18-14(12)20/h11,17H,4-10,16H2,1-3H3,(H,18,20,21). The maximum absolute atomic E-state index is 11.9. The van der Waals surface area contributed by atoms with Gasteiger partial charge in [-0.25, -0.2) is 4.79 Å². The van der Waals surface area contributed by atoms with Crippen molar-refractivity contribution in [1.29, 1.82) is 0 Å². The van der Waals surface area contributed by atoms with Gasteiger partial charge in [-0.2, -0.15) is 0 Å². The molecule has 1 atom stereocenters. The van der Waals surface area contributed by atoms with Crippen molar-refractivity contribution in [2.75, 3.05) is 17.6 Å². The molecule has 1 rings (SSSR count). The van der Waals surface area contributed by atoms with Crippen molar-refractivity contribution in [3.63, 3.8) is 0 Å². The van der Waals surface area contributed by atoms with Gasteiger partial charge in [-0.3, -0.25) is 14.3 Å². The van der Waals surface area contributed by atoms with Gasteiger partial charge in [0.05, 0.1) is 0 Å². The number of rotatable bonds is 9. The van der Waals surface area contributed by atoms with Crippen LogP contribution in [0.1, 0.15) is 52.9 Å². The Kier molecular flexibility index (Phi) is 7.05. The van der Waals surface area contributed by atoms with Crippen LogP contribution in [-0.2, 0) is 6.54 Å². The Morgan fingerprint density at radius 3 is 2.52 bits per heavy atom. The van der Waals surface area contributed by atoms with Gasteiger partial charge in [0.15, 0.2) is 0 Å². The van der Waals surface area contributed by atoms with Gasteiger partial charge in [-0.1, -0.05) is 40.0 Å². The predicted octanol–water partition coefficient (Wildman–Crippen LogP) is 2.16. The normalized spacial score (nSPS) is 12.3. The van der Waals surface area contributed by atoms with Crippen molar-refractivity contribution < 1.29 is 0 Å². The quantitative estimate of drug-likeness (QED) is 0.651. The second-order valence-electron chi connectivity index (χ2n) is 5.47. The molecule has 1 aromatic heterocycles. The van der Waals surface area contributed by atoms with Crippen LogP contribution < -0.4 is 22.3 Å². The Bertz CT molecular complexity index is 548. The van der Waals surface area contributed by atoms with Gasteiger partial charge in [-0.15, -0.1) is 0 Å². The lowest BCUT2D eigenvalue weighted by Crippen LogP contribution is -2.34. The van der Waals surface area contributed by atoms with Crippen LogP contribution in [0.15, 0.2) is 9.59 Å². The van der Waals surface area contributed by atoms with Gasteiger partial charge < -0.3 is 11.1 Å². The molecule has 6 nitrogen and oxygen atoms in total. The molecule has 0 aliphatic carbocycles. The number of unbranched alkanes of at least 4 members (excludes halogenated alkanes) is 1. The minimum absolute atomic E-state index is 0.232. The maximum Gasteiger partial charge on any atom is 0.330 e. The Hall–Kier alpha value is -1.72. The molecular weight excluding hydrogens is 268 g/mol. The van der Waals surface area contributed by atoms with Crippen molar-refractivity contribution in [2.24, 2.45) is 5.92 Å². The molecule has 0 aliphatic rings. The highest BCUT2D eigenvalue weighted by atomic mass is 16.2. The van der Waals surface area contributed by atoms with Gasteiger partial charge in [0, 0.05) is 13.1 Å². The van der Waals surface area contributed by atoms with E-state index in [2.05, 4.69) is 24.1 Å². The van der Waals surface area contributed by atoms with E-state index in [1.807, 2.05) is 6.92 Å². The molecule has 0 aliphatic heterocycles. The summed E-state index contributed by atoms with van der Waals surface area (Å²) in [4.78, 5) is 26.0. The SMILES string of the molecule is CCCCC(CC)CNc1c(N)n(CCC)c(=O)[nH]c1=O. The van der Waals surface area contributed by atoms with E-state index >= 15 is 0 Å². The zero-order valence-electron chi connectivity index (χ0n) is 13.4. The van der Waals surface area contributed by atoms with Crippen LogP contribution in [0.5, 0.6) is 0 Å². The second-order valence-corrected chi connectivity index (χ2v) is 5.47. The van der Waals surface area contributed by atoms with Gasteiger partial charge in [0.2, 0.25) is 0 Å². The summed E-state index contributed by atoms with van der Waals surface area (Å²) in [6, 6.07) is 0. The summed E-state index contributed by atoms with van der Waals surface area (Å²) >= 11 is 0. The van der Waals surface area contributed by atoms with E-state index in [4.69, 9.17) is 5.73 Å². The number of nitrogens with one attached hydrogen (secondary N) is 2. The highest BCUT2D eigenvalue weighted by Gasteiger charge is 2.13. The molecule has 0 radical (unpaired) electrons. The summed E-state index contributed by atoms with van der Waals surface area (Å²) < 4.78 is 1.41. The second kappa shape index (κ2) is 8.54. The molecule has 0 saturated carbocycles. The number of nitrogens with zero attached hydrogens (tertiary/aromatic N) is 1. The van der Waals surface area contributed by atoms with Crippen molar-refractivity contribution in [3.05, 3.63) is 20.8 Å². The average Bonchev–Trinajstić information content (AvgIpc) is 2.46. The highest BCUT2D eigenvalue weighted by molar-refractivity contribution is 5.60. The van der Waals surface area contributed by atoms with E-state index in [1.165, 1.54) is 17.4 Å². The highest BCUT2D eigenvalue weighted by Crippen LogP contribution is 2.16. The molecule has 0 fully saturated rings. The summed E-state index contributed by atoms with van der Waals surface area (Å²) in [7, 11) is 0. The maximum atomic E-state index is 11.9. The Morgan fingerprint density at radius 1 is 1.24 bits per heavy atom. The fourth-order valence-corrected chi connectivity index (χ4v) is 2.39. The van der Waals surface area contributed by atoms with Crippen molar-refractivity contribution in [3.8, 4) is 0 Å². The minimum Gasteiger partial charge on any atom is -0.383 e. The van der Waals surface area contributed by atoms with Crippen LogP contribution in [0.2, 0.25) is 0 Å². The molecule has 120 valence electrons. The fourth-order valence-electron chi connectivity index (χ4n) is 2.39. The van der Waals surface area contributed by atoms with Gasteiger partial charge >= 0.3 is 5.69 Å². The lowest BCUT2D eigenvalue weighted by molar-refractivity contribution is 0.472. The molecule has 0 spiro atoms. The van der Waals surface area contributed by atoms with E-state index in [0.29, 0.717) is 24.7 Å². The van der Waals surface area contributed by atoms with Crippen molar-refractivity contribution in [1.82, 2.24) is 9.55 Å². The summed E-state index contributed by atoms with van der Waals surface area (Å²) in [6.45, 7) is 7.48. The Balaban J connectivity index is 2.90. The van der Waals surface area contributed by atoms with Crippen LogP contribution in [0.3, 0.4) is 0 Å². The van der Waals surface area contributed by atoms with Crippen LogP contribution in [0.4, 0.5) is 11.5 Å². The first kappa shape index (κ1) is 17.3. The van der Waals surface area contributed by atoms with Crippen molar-refractivity contribution in [2.45, 2.75) is 59.4 Å². The number of nitrogen functional groups attached to an aromatic ring is 1. The summed E-state index contributed by atoms with van der Waals surface area (Å²) in [5.41, 5.74) is 5.42. The summed E-state index contributed by atoms with van der Waals surface area (Å²) in [6.07, 6.45) is 5.32. The first-order valence-corrected chi connectivity index (χ1v) is 7.91. The Morgan fingerprint density at radius 2 is 1.95 bits per heavy atom. The molecule has 0 bridgehead atoms.